The molecule has 0 aliphatic carbocycles. The number of hydrogen-bond acceptors (Lipinski definition) is 5. The molecule has 2 aromatic heterocycles. The predicted octanol–water partition coefficient (Wildman–Crippen LogP) is 1.03. The molecule has 0 saturated heterocycles. The maximum Gasteiger partial charge on any atom is 0.303 e. The number of aryl methyl sites for hydroxylation is 1. The van der Waals surface area contributed by atoms with Crippen LogP contribution in [0.2, 0.25) is 0 Å². The Morgan fingerprint density at radius 3 is 2.82 bits per heavy atom. The van der Waals surface area contributed by atoms with Gasteiger partial charge in [-0.1, -0.05) is 0 Å². The van der Waals surface area contributed by atoms with E-state index >= 15 is 0 Å². The van der Waals surface area contributed by atoms with Gasteiger partial charge in [-0.15, -0.1) is 10.2 Å². The summed E-state index contributed by atoms with van der Waals surface area (Å²) < 4.78 is 9.97. The molecule has 5 nitrogen and oxygen atoms in total. The molecule has 0 atom stereocenters. The molecule has 0 aromatic carbocycles. The first-order chi connectivity index (χ1) is 5.36. The van der Waals surface area contributed by atoms with E-state index in [0.717, 1.165) is 5.76 Å². The van der Waals surface area contributed by atoms with Gasteiger partial charge in [0.2, 0.25) is 6.39 Å². The quantitative estimate of drug-likeness (QED) is 0.609. The van der Waals surface area contributed by atoms with E-state index in [1.807, 2.05) is 0 Å². The average Bonchev–Trinajstić information content (AvgIpc) is 2.55. The molecular formula is C6H5N3O2. The number of oxazole rings is 1. The molecule has 0 saturated carbocycles. The van der Waals surface area contributed by atoms with Gasteiger partial charge < -0.3 is 8.83 Å². The monoisotopic (exact) mass is 151 g/mol. The number of nitrogens with zero attached hydrogens (tertiary/aromatic N) is 3. The molecule has 11 heavy (non-hydrogen) atoms. The van der Waals surface area contributed by atoms with Gasteiger partial charge in [0, 0.05) is 0 Å². The van der Waals surface area contributed by atoms with Crippen LogP contribution in [0.4, 0.5) is 0 Å². The molecule has 0 fully saturated rings. The summed E-state index contributed by atoms with van der Waals surface area (Å²) >= 11 is 0. The van der Waals surface area contributed by atoms with E-state index in [1.54, 1.807) is 13.1 Å². The molecular weight excluding hydrogens is 146 g/mol. The van der Waals surface area contributed by atoms with Crippen LogP contribution in [0.25, 0.3) is 11.8 Å². The summed E-state index contributed by atoms with van der Waals surface area (Å²) in [4.78, 5) is 3.90. The Hall–Kier alpha value is -1.65. The normalized spacial score (nSPS) is 10.3. The lowest BCUT2D eigenvalue weighted by Gasteiger charge is -1.81. The Morgan fingerprint density at radius 2 is 2.27 bits per heavy atom. The highest BCUT2D eigenvalue weighted by Crippen LogP contribution is 2.14. The van der Waals surface area contributed by atoms with Crippen molar-refractivity contribution in [2.75, 3.05) is 0 Å². The summed E-state index contributed by atoms with van der Waals surface area (Å²) in [5.74, 6) is 1.39. The van der Waals surface area contributed by atoms with Crippen molar-refractivity contribution in [2.24, 2.45) is 0 Å². The summed E-state index contributed by atoms with van der Waals surface area (Å²) in [6, 6.07) is 0. The molecule has 0 N–H and O–H groups in total. The highest BCUT2D eigenvalue weighted by Gasteiger charge is 2.08. The summed E-state index contributed by atoms with van der Waals surface area (Å²) in [6.45, 7) is 1.80. The maximum atomic E-state index is 5.12. The van der Waals surface area contributed by atoms with Gasteiger partial charge in [0.05, 0.1) is 6.20 Å². The van der Waals surface area contributed by atoms with Gasteiger partial charge >= 0.3 is 5.89 Å². The van der Waals surface area contributed by atoms with Gasteiger partial charge in [-0.05, 0) is 6.92 Å². The van der Waals surface area contributed by atoms with E-state index in [9.17, 15) is 0 Å². The fourth-order valence-electron chi connectivity index (χ4n) is 0.720. The topological polar surface area (TPSA) is 65.0 Å². The third kappa shape index (κ3) is 1.000. The van der Waals surface area contributed by atoms with Crippen LogP contribution in [0.15, 0.2) is 21.4 Å². The average molecular weight is 151 g/mol. The van der Waals surface area contributed by atoms with Crippen LogP contribution in [-0.2, 0) is 0 Å². The number of aromatic nitrogens is 3. The summed E-state index contributed by atoms with van der Waals surface area (Å²) in [5.41, 5.74) is 0. The van der Waals surface area contributed by atoms with E-state index < -0.39 is 0 Å². The third-order valence-corrected chi connectivity index (χ3v) is 1.16. The van der Waals surface area contributed by atoms with Crippen molar-refractivity contribution in [2.45, 2.75) is 6.92 Å². The first-order valence-electron chi connectivity index (χ1n) is 3.05. The number of rotatable bonds is 1. The first kappa shape index (κ1) is 6.09. The summed E-state index contributed by atoms with van der Waals surface area (Å²) in [5, 5.41) is 7.12. The lowest BCUT2D eigenvalue weighted by molar-refractivity contribution is 0.494. The van der Waals surface area contributed by atoms with Crippen LogP contribution < -0.4 is 0 Å². The fourth-order valence-corrected chi connectivity index (χ4v) is 0.720. The number of hydrogen-bond donors (Lipinski definition) is 0. The van der Waals surface area contributed by atoms with Crippen molar-refractivity contribution in [1.82, 2.24) is 15.2 Å². The van der Waals surface area contributed by atoms with Crippen molar-refractivity contribution in [3.63, 3.8) is 0 Å². The highest BCUT2D eigenvalue weighted by atomic mass is 16.4. The van der Waals surface area contributed by atoms with Crippen LogP contribution in [0.1, 0.15) is 5.76 Å². The van der Waals surface area contributed by atoms with Crippen molar-refractivity contribution < 1.29 is 8.83 Å². The standard InChI is InChI=1S/C6H5N3O2/c1-4-2-7-5(11-4)6-9-8-3-10-6/h2-3H,1H3. The Kier molecular flexibility index (Phi) is 1.21. The second-order valence-electron chi connectivity index (χ2n) is 2.02. The molecule has 2 rings (SSSR count). The van der Waals surface area contributed by atoms with Gasteiger partial charge in [0.15, 0.2) is 0 Å². The Labute approximate surface area is 62.1 Å². The van der Waals surface area contributed by atoms with Crippen molar-refractivity contribution in [3.05, 3.63) is 18.4 Å². The molecule has 0 bridgehead atoms. The predicted molar refractivity (Wildman–Crippen MR) is 34.5 cm³/mol. The van der Waals surface area contributed by atoms with Gasteiger partial charge in [-0.2, -0.15) is 0 Å². The lowest BCUT2D eigenvalue weighted by atomic mass is 10.6. The zero-order valence-corrected chi connectivity index (χ0v) is 5.81. The maximum absolute atomic E-state index is 5.12. The molecule has 0 aliphatic heterocycles. The smallest absolute Gasteiger partial charge is 0.303 e. The molecule has 2 heterocycles. The zero-order valence-electron chi connectivity index (χ0n) is 5.81. The Balaban J connectivity index is 2.45. The van der Waals surface area contributed by atoms with E-state index in [-0.39, 0.29) is 0 Å². The SMILES string of the molecule is Cc1cnc(-c2nnco2)o1. The van der Waals surface area contributed by atoms with E-state index in [1.165, 1.54) is 6.39 Å². The minimum atomic E-state index is 0.304. The van der Waals surface area contributed by atoms with Crippen LogP contribution >= 0.6 is 0 Å². The second kappa shape index (κ2) is 2.19. The molecule has 0 amide bonds. The fraction of sp³-hybridized carbons (Fsp3) is 0.167. The minimum absolute atomic E-state index is 0.304. The van der Waals surface area contributed by atoms with Gasteiger partial charge in [0.25, 0.3) is 5.89 Å². The lowest BCUT2D eigenvalue weighted by Crippen LogP contribution is -1.75. The molecule has 2 aromatic rings. The Morgan fingerprint density at radius 1 is 1.36 bits per heavy atom. The largest absolute Gasteiger partial charge is 0.438 e. The molecule has 0 aliphatic rings. The first-order valence-corrected chi connectivity index (χ1v) is 3.05. The van der Waals surface area contributed by atoms with Crippen LogP contribution in [-0.4, -0.2) is 15.2 Å². The minimum Gasteiger partial charge on any atom is -0.438 e. The van der Waals surface area contributed by atoms with Gasteiger partial charge in [-0.3, -0.25) is 0 Å². The van der Waals surface area contributed by atoms with Crippen LogP contribution in [0, 0.1) is 6.92 Å². The summed E-state index contributed by atoms with van der Waals surface area (Å²) in [6.07, 6.45) is 2.83. The highest BCUT2D eigenvalue weighted by molar-refractivity contribution is 5.34. The van der Waals surface area contributed by atoms with E-state index in [0.29, 0.717) is 11.8 Å². The second-order valence-corrected chi connectivity index (χ2v) is 2.02. The summed E-state index contributed by atoms with van der Waals surface area (Å²) in [7, 11) is 0. The van der Waals surface area contributed by atoms with Gasteiger partial charge in [0.1, 0.15) is 5.76 Å². The molecule has 5 heteroatoms. The Bertz CT molecular complexity index is 338. The molecule has 0 spiro atoms. The van der Waals surface area contributed by atoms with E-state index in [2.05, 4.69) is 15.2 Å². The van der Waals surface area contributed by atoms with E-state index in [4.69, 9.17) is 8.83 Å². The van der Waals surface area contributed by atoms with Gasteiger partial charge in [-0.25, -0.2) is 4.98 Å². The van der Waals surface area contributed by atoms with Crippen molar-refractivity contribution in [3.8, 4) is 11.8 Å². The molecule has 56 valence electrons. The molecule has 0 unspecified atom stereocenters. The van der Waals surface area contributed by atoms with Crippen LogP contribution in [0.3, 0.4) is 0 Å². The van der Waals surface area contributed by atoms with Crippen molar-refractivity contribution in [1.29, 1.82) is 0 Å². The molecule has 0 radical (unpaired) electrons. The third-order valence-electron chi connectivity index (χ3n) is 1.16. The zero-order chi connectivity index (χ0) is 7.68. The van der Waals surface area contributed by atoms with Crippen LogP contribution in [0.5, 0.6) is 0 Å². The van der Waals surface area contributed by atoms with Crippen molar-refractivity contribution >= 4 is 0 Å².